The minimum absolute atomic E-state index is 0.160. The van der Waals surface area contributed by atoms with Crippen molar-refractivity contribution in [2.24, 2.45) is 0 Å². The van der Waals surface area contributed by atoms with Gasteiger partial charge in [0.1, 0.15) is 0 Å². The average molecular weight is 440 g/mol. The second-order valence-electron chi connectivity index (χ2n) is 6.34. The van der Waals surface area contributed by atoms with Crippen molar-refractivity contribution < 1.29 is 22.0 Å². The van der Waals surface area contributed by atoms with Crippen molar-refractivity contribution in [3.63, 3.8) is 0 Å². The highest BCUT2D eigenvalue weighted by molar-refractivity contribution is 7.91. The molecule has 0 atom stereocenters. The summed E-state index contributed by atoms with van der Waals surface area (Å²) in [7, 11) is -4.87. The molecule has 29 heavy (non-hydrogen) atoms. The summed E-state index contributed by atoms with van der Waals surface area (Å²) >= 11 is 1.59. The number of halogens is 2. The minimum atomic E-state index is -4.87. The number of hydrogen-bond donors (Lipinski definition) is 1. The Morgan fingerprint density at radius 1 is 1.24 bits per heavy atom. The van der Waals surface area contributed by atoms with Crippen LogP contribution < -0.4 is 5.32 Å². The Bertz CT molecular complexity index is 1120. The van der Waals surface area contributed by atoms with E-state index in [0.717, 1.165) is 28.6 Å². The van der Waals surface area contributed by atoms with Crippen LogP contribution in [0.2, 0.25) is 0 Å². The van der Waals surface area contributed by atoms with Gasteiger partial charge in [-0.1, -0.05) is 12.1 Å². The predicted molar refractivity (Wildman–Crippen MR) is 107 cm³/mol. The lowest BCUT2D eigenvalue weighted by atomic mass is 10.1. The number of nitrogens with one attached hydrogen (secondary N) is 1. The molecular formula is C19H19F2N3O3S2. The average Bonchev–Trinajstić information content (AvgIpc) is 3.29. The fraction of sp³-hybridized carbons (Fsp3) is 0.263. The number of thiophene rings is 1. The van der Waals surface area contributed by atoms with Crippen LogP contribution in [0.5, 0.6) is 0 Å². The number of alkyl halides is 2. The SMILES string of the molecule is Cc1nn(CCNC(=O)c2ccccc2S(=O)(=O)C(F)F)c(C)c1-c1ccsc1. The van der Waals surface area contributed by atoms with E-state index < -0.39 is 26.4 Å². The Kier molecular flexibility index (Phi) is 6.13. The van der Waals surface area contributed by atoms with Crippen molar-refractivity contribution in [2.45, 2.75) is 31.0 Å². The summed E-state index contributed by atoms with van der Waals surface area (Å²) in [5.74, 6) is -4.33. The first kappa shape index (κ1) is 21.1. The zero-order chi connectivity index (χ0) is 21.2. The second kappa shape index (κ2) is 8.42. The number of hydrogen-bond acceptors (Lipinski definition) is 5. The van der Waals surface area contributed by atoms with Crippen LogP contribution in [0.25, 0.3) is 11.1 Å². The van der Waals surface area contributed by atoms with E-state index in [1.807, 2.05) is 30.7 Å². The number of aryl methyl sites for hydroxylation is 1. The summed E-state index contributed by atoms with van der Waals surface area (Å²) in [6.07, 6.45) is 0. The van der Waals surface area contributed by atoms with Crippen molar-refractivity contribution in [3.8, 4) is 11.1 Å². The molecule has 1 amide bonds. The molecule has 1 aromatic carbocycles. The monoisotopic (exact) mass is 439 g/mol. The molecular weight excluding hydrogens is 420 g/mol. The number of carbonyl (C=O) groups is 1. The summed E-state index contributed by atoms with van der Waals surface area (Å²) in [5, 5.41) is 11.1. The molecule has 3 rings (SSSR count). The largest absolute Gasteiger partial charge is 0.350 e. The second-order valence-corrected chi connectivity index (χ2v) is 9.00. The summed E-state index contributed by atoms with van der Waals surface area (Å²) in [6.45, 7) is 4.35. The van der Waals surface area contributed by atoms with E-state index in [1.165, 1.54) is 18.2 Å². The first-order valence-electron chi connectivity index (χ1n) is 8.69. The van der Waals surface area contributed by atoms with Gasteiger partial charge in [-0.3, -0.25) is 9.48 Å². The van der Waals surface area contributed by atoms with Gasteiger partial charge in [-0.25, -0.2) is 8.42 Å². The fourth-order valence-corrected chi connectivity index (χ4v) is 4.68. The van der Waals surface area contributed by atoms with Crippen molar-refractivity contribution in [1.29, 1.82) is 0 Å². The van der Waals surface area contributed by atoms with Gasteiger partial charge in [0.25, 0.3) is 5.91 Å². The van der Waals surface area contributed by atoms with Gasteiger partial charge in [-0.15, -0.1) is 0 Å². The van der Waals surface area contributed by atoms with Crippen LogP contribution >= 0.6 is 11.3 Å². The van der Waals surface area contributed by atoms with E-state index in [9.17, 15) is 22.0 Å². The van der Waals surface area contributed by atoms with Crippen LogP contribution in [-0.4, -0.2) is 36.4 Å². The van der Waals surface area contributed by atoms with Crippen LogP contribution in [0.3, 0.4) is 0 Å². The maximum absolute atomic E-state index is 12.9. The van der Waals surface area contributed by atoms with Gasteiger partial charge in [-0.2, -0.15) is 25.2 Å². The van der Waals surface area contributed by atoms with E-state index in [0.29, 0.717) is 6.54 Å². The van der Waals surface area contributed by atoms with Crippen molar-refractivity contribution in [1.82, 2.24) is 15.1 Å². The quantitative estimate of drug-likeness (QED) is 0.609. The molecule has 0 unspecified atom stereocenters. The number of benzene rings is 1. The van der Waals surface area contributed by atoms with Gasteiger partial charge >= 0.3 is 5.76 Å². The molecule has 3 aromatic rings. The van der Waals surface area contributed by atoms with E-state index in [-0.39, 0.29) is 12.1 Å². The Labute approximate surface area is 171 Å². The van der Waals surface area contributed by atoms with Gasteiger partial charge < -0.3 is 5.32 Å². The Morgan fingerprint density at radius 3 is 2.62 bits per heavy atom. The Hall–Kier alpha value is -2.59. The number of aromatic nitrogens is 2. The predicted octanol–water partition coefficient (Wildman–Crippen LogP) is 3.65. The molecule has 0 bridgehead atoms. The molecule has 1 N–H and O–H groups in total. The molecule has 2 aromatic heterocycles. The molecule has 0 aliphatic rings. The number of rotatable bonds is 7. The summed E-state index contributed by atoms with van der Waals surface area (Å²) in [5.41, 5.74) is 3.61. The van der Waals surface area contributed by atoms with Crippen molar-refractivity contribution in [2.75, 3.05) is 6.54 Å². The Balaban J connectivity index is 1.73. The van der Waals surface area contributed by atoms with Gasteiger partial charge in [-0.05, 0) is 48.4 Å². The third-order valence-electron chi connectivity index (χ3n) is 4.47. The number of sulfone groups is 1. The third-order valence-corrected chi connectivity index (χ3v) is 6.59. The highest BCUT2D eigenvalue weighted by atomic mass is 32.2. The smallest absolute Gasteiger partial charge is 0.341 e. The van der Waals surface area contributed by atoms with Crippen molar-refractivity contribution in [3.05, 3.63) is 58.0 Å². The first-order chi connectivity index (χ1) is 13.7. The van der Waals surface area contributed by atoms with Gasteiger partial charge in [0.2, 0.25) is 9.84 Å². The molecule has 2 heterocycles. The molecule has 0 saturated heterocycles. The normalized spacial score (nSPS) is 11.8. The molecule has 0 aliphatic carbocycles. The highest BCUT2D eigenvalue weighted by Crippen LogP contribution is 2.28. The zero-order valence-corrected chi connectivity index (χ0v) is 17.4. The van der Waals surface area contributed by atoms with Crippen LogP contribution in [0.1, 0.15) is 21.7 Å². The molecule has 6 nitrogen and oxygen atoms in total. The number of amides is 1. The van der Waals surface area contributed by atoms with E-state index in [1.54, 1.807) is 16.0 Å². The van der Waals surface area contributed by atoms with Crippen molar-refractivity contribution >= 4 is 27.1 Å². The molecule has 0 spiro atoms. The highest BCUT2D eigenvalue weighted by Gasteiger charge is 2.30. The molecule has 0 saturated carbocycles. The van der Waals surface area contributed by atoms with Crippen LogP contribution in [0.4, 0.5) is 8.78 Å². The summed E-state index contributed by atoms with van der Waals surface area (Å²) < 4.78 is 51.1. The standard InChI is InChI=1S/C19H19F2N3O3S2/c1-12-17(14-7-10-28-11-14)13(2)24(23-12)9-8-22-18(25)15-5-3-4-6-16(15)29(26,27)19(20)21/h3-7,10-11,19H,8-9H2,1-2H3,(H,22,25). The minimum Gasteiger partial charge on any atom is -0.350 e. The number of nitrogens with zero attached hydrogens (tertiary/aromatic N) is 2. The summed E-state index contributed by atoms with van der Waals surface area (Å²) in [4.78, 5) is 11.7. The zero-order valence-electron chi connectivity index (χ0n) is 15.7. The lowest BCUT2D eigenvalue weighted by Gasteiger charge is -2.11. The topological polar surface area (TPSA) is 81.1 Å². The maximum atomic E-state index is 12.9. The van der Waals surface area contributed by atoms with Gasteiger partial charge in [0, 0.05) is 17.8 Å². The van der Waals surface area contributed by atoms with Crippen LogP contribution in [-0.2, 0) is 16.4 Å². The molecule has 0 aliphatic heterocycles. The molecule has 0 fully saturated rings. The fourth-order valence-electron chi connectivity index (χ4n) is 3.11. The van der Waals surface area contributed by atoms with E-state index >= 15 is 0 Å². The number of carbonyl (C=O) groups excluding carboxylic acids is 1. The van der Waals surface area contributed by atoms with E-state index in [2.05, 4.69) is 10.4 Å². The summed E-state index contributed by atoms with van der Waals surface area (Å²) in [6, 6.07) is 6.95. The maximum Gasteiger partial charge on any atom is 0.341 e. The van der Waals surface area contributed by atoms with Gasteiger partial charge in [0.15, 0.2) is 0 Å². The molecule has 0 radical (unpaired) electrons. The van der Waals surface area contributed by atoms with Crippen LogP contribution in [0, 0.1) is 13.8 Å². The Morgan fingerprint density at radius 2 is 1.97 bits per heavy atom. The van der Waals surface area contributed by atoms with Crippen LogP contribution in [0.15, 0.2) is 46.0 Å². The molecule has 10 heteroatoms. The first-order valence-corrected chi connectivity index (χ1v) is 11.2. The lowest BCUT2D eigenvalue weighted by molar-refractivity contribution is 0.0948. The molecule has 154 valence electrons. The van der Waals surface area contributed by atoms with Gasteiger partial charge in [0.05, 0.1) is 22.7 Å². The van der Waals surface area contributed by atoms with E-state index in [4.69, 9.17) is 0 Å². The lowest BCUT2D eigenvalue weighted by Crippen LogP contribution is -2.29. The third kappa shape index (κ3) is 4.23.